The molecule has 1 aliphatic rings. The van der Waals surface area contributed by atoms with Crippen molar-refractivity contribution in [2.75, 3.05) is 26.2 Å². The summed E-state index contributed by atoms with van der Waals surface area (Å²) in [6, 6.07) is 9.88. The average molecular weight is 431 g/mol. The van der Waals surface area contributed by atoms with E-state index in [9.17, 15) is 4.79 Å². The monoisotopic (exact) mass is 430 g/mol. The van der Waals surface area contributed by atoms with E-state index in [1.165, 1.54) is 0 Å². The van der Waals surface area contributed by atoms with Gasteiger partial charge in [-0.3, -0.25) is 14.5 Å². The zero-order chi connectivity index (χ0) is 21.5. The van der Waals surface area contributed by atoms with Crippen LogP contribution in [0.5, 0.6) is 0 Å². The number of hydrogen-bond acceptors (Lipinski definition) is 3. The Balaban J connectivity index is 1.70. The Morgan fingerprint density at radius 2 is 2.10 bits per heavy atom. The lowest BCUT2D eigenvalue weighted by Gasteiger charge is -2.21. The van der Waals surface area contributed by atoms with Crippen molar-refractivity contribution >= 4 is 23.5 Å². The molecule has 1 aromatic heterocycles. The van der Waals surface area contributed by atoms with Crippen LogP contribution in [0.2, 0.25) is 5.02 Å². The smallest absolute Gasteiger partial charge is 0.225 e. The zero-order valence-electron chi connectivity index (χ0n) is 17.9. The first-order valence-corrected chi connectivity index (χ1v) is 10.9. The van der Waals surface area contributed by atoms with Gasteiger partial charge in [-0.1, -0.05) is 37.6 Å². The molecule has 1 amide bonds. The summed E-state index contributed by atoms with van der Waals surface area (Å²) >= 11 is 6.06. The van der Waals surface area contributed by atoms with Gasteiger partial charge in [0.2, 0.25) is 5.91 Å². The second-order valence-corrected chi connectivity index (χ2v) is 8.28. The van der Waals surface area contributed by atoms with Crippen LogP contribution in [0.25, 0.3) is 0 Å². The maximum atomic E-state index is 12.3. The molecule has 2 heterocycles. The standard InChI is InChI=1S/C22H31ClN6O/c1-4-24-22(27-19-10-13-28(15-19)21(30)16(2)3)25-14-20(29-12-5-11-26-29)17-6-8-18(23)9-7-17/h5-9,11-12,16,19-20H,4,10,13-15H2,1-3H3,(H2,24,25,27). The van der Waals surface area contributed by atoms with Crippen LogP contribution in [0.4, 0.5) is 0 Å². The highest BCUT2D eigenvalue weighted by atomic mass is 35.5. The van der Waals surface area contributed by atoms with Gasteiger partial charge in [-0.2, -0.15) is 5.10 Å². The Morgan fingerprint density at radius 3 is 2.73 bits per heavy atom. The Labute approximate surface area is 183 Å². The molecule has 3 rings (SSSR count). The van der Waals surface area contributed by atoms with E-state index >= 15 is 0 Å². The lowest BCUT2D eigenvalue weighted by molar-refractivity contribution is -0.133. The summed E-state index contributed by atoms with van der Waals surface area (Å²) in [6.45, 7) is 8.72. The summed E-state index contributed by atoms with van der Waals surface area (Å²) in [5.41, 5.74) is 1.09. The Morgan fingerprint density at radius 1 is 1.33 bits per heavy atom. The Kier molecular flexibility index (Phi) is 7.74. The van der Waals surface area contributed by atoms with Crippen molar-refractivity contribution < 1.29 is 4.79 Å². The predicted octanol–water partition coefficient (Wildman–Crippen LogP) is 2.94. The summed E-state index contributed by atoms with van der Waals surface area (Å²) in [4.78, 5) is 19.0. The van der Waals surface area contributed by atoms with Crippen LogP contribution in [-0.4, -0.2) is 58.8 Å². The highest BCUT2D eigenvalue weighted by molar-refractivity contribution is 6.30. The number of aromatic nitrogens is 2. The molecule has 2 N–H and O–H groups in total. The molecule has 1 fully saturated rings. The van der Waals surface area contributed by atoms with Crippen LogP contribution in [0.15, 0.2) is 47.7 Å². The quantitative estimate of drug-likeness (QED) is 0.523. The molecule has 0 bridgehead atoms. The minimum atomic E-state index is -0.0321. The lowest BCUT2D eigenvalue weighted by atomic mass is 10.1. The number of carbonyl (C=O) groups is 1. The highest BCUT2D eigenvalue weighted by Gasteiger charge is 2.28. The van der Waals surface area contributed by atoms with Gasteiger partial charge in [-0.25, -0.2) is 0 Å². The van der Waals surface area contributed by atoms with Crippen LogP contribution in [0.1, 0.15) is 38.8 Å². The van der Waals surface area contributed by atoms with Crippen LogP contribution in [0.3, 0.4) is 0 Å². The van der Waals surface area contributed by atoms with E-state index in [0.29, 0.717) is 18.1 Å². The van der Waals surface area contributed by atoms with E-state index in [1.807, 2.05) is 66.9 Å². The first-order valence-electron chi connectivity index (χ1n) is 10.6. The van der Waals surface area contributed by atoms with Gasteiger partial charge in [-0.15, -0.1) is 0 Å². The summed E-state index contributed by atoms with van der Waals surface area (Å²) in [5, 5.41) is 11.9. The van der Waals surface area contributed by atoms with Crippen molar-refractivity contribution in [3.63, 3.8) is 0 Å². The number of rotatable bonds is 7. The number of guanidine groups is 1. The molecular formula is C22H31ClN6O. The Bertz CT molecular complexity index is 834. The van der Waals surface area contributed by atoms with Crippen LogP contribution < -0.4 is 10.6 Å². The summed E-state index contributed by atoms with van der Waals surface area (Å²) in [6.07, 6.45) is 4.64. The Hall–Kier alpha value is -2.54. The number of nitrogens with one attached hydrogen (secondary N) is 2. The fourth-order valence-corrected chi connectivity index (χ4v) is 3.75. The summed E-state index contributed by atoms with van der Waals surface area (Å²) < 4.78 is 1.91. The zero-order valence-corrected chi connectivity index (χ0v) is 18.6. The van der Waals surface area contributed by atoms with E-state index in [2.05, 4.69) is 15.7 Å². The van der Waals surface area contributed by atoms with Crippen molar-refractivity contribution in [1.82, 2.24) is 25.3 Å². The molecule has 1 aromatic carbocycles. The predicted molar refractivity (Wildman–Crippen MR) is 121 cm³/mol. The van der Waals surface area contributed by atoms with Crippen LogP contribution in [0, 0.1) is 5.92 Å². The maximum absolute atomic E-state index is 12.3. The molecule has 0 radical (unpaired) electrons. The van der Waals surface area contributed by atoms with Gasteiger partial charge in [0.25, 0.3) is 0 Å². The van der Waals surface area contributed by atoms with Crippen LogP contribution in [-0.2, 0) is 4.79 Å². The summed E-state index contributed by atoms with van der Waals surface area (Å²) in [7, 11) is 0. The molecular weight excluding hydrogens is 400 g/mol. The van der Waals surface area contributed by atoms with Crippen molar-refractivity contribution in [1.29, 1.82) is 0 Å². The normalized spacial score (nSPS) is 18.0. The van der Waals surface area contributed by atoms with Gasteiger partial charge in [0.15, 0.2) is 5.96 Å². The molecule has 2 unspecified atom stereocenters. The maximum Gasteiger partial charge on any atom is 0.225 e. The minimum absolute atomic E-state index is 0.0276. The molecule has 7 nitrogen and oxygen atoms in total. The third-order valence-electron chi connectivity index (χ3n) is 5.20. The topological polar surface area (TPSA) is 74.6 Å². The number of benzene rings is 1. The molecule has 8 heteroatoms. The SMILES string of the molecule is CCNC(=NCC(c1ccc(Cl)cc1)n1cccn1)NC1CCN(C(=O)C(C)C)C1. The molecule has 30 heavy (non-hydrogen) atoms. The van der Waals surface area contributed by atoms with Crippen molar-refractivity contribution in [2.24, 2.45) is 10.9 Å². The number of carbonyl (C=O) groups excluding carboxylic acids is 1. The van der Waals surface area contributed by atoms with Gasteiger partial charge in [0.1, 0.15) is 0 Å². The molecule has 162 valence electrons. The molecule has 0 aliphatic carbocycles. The molecule has 1 saturated heterocycles. The lowest BCUT2D eigenvalue weighted by Crippen LogP contribution is -2.45. The molecule has 0 saturated carbocycles. The number of hydrogen-bond donors (Lipinski definition) is 2. The van der Waals surface area contributed by atoms with E-state index in [0.717, 1.165) is 31.0 Å². The largest absolute Gasteiger partial charge is 0.357 e. The first-order chi connectivity index (χ1) is 14.5. The first kappa shape index (κ1) is 22.2. The van der Waals surface area contributed by atoms with Gasteiger partial charge >= 0.3 is 0 Å². The van der Waals surface area contributed by atoms with E-state index in [-0.39, 0.29) is 23.9 Å². The van der Waals surface area contributed by atoms with Gasteiger partial charge in [-0.05, 0) is 37.1 Å². The number of nitrogens with zero attached hydrogens (tertiary/aromatic N) is 4. The third-order valence-corrected chi connectivity index (χ3v) is 5.45. The van der Waals surface area contributed by atoms with E-state index < -0.39 is 0 Å². The third kappa shape index (κ3) is 5.75. The highest BCUT2D eigenvalue weighted by Crippen LogP contribution is 2.20. The number of amides is 1. The average Bonchev–Trinajstić information content (AvgIpc) is 3.41. The van der Waals surface area contributed by atoms with Crippen molar-refractivity contribution in [3.8, 4) is 0 Å². The van der Waals surface area contributed by atoms with Gasteiger partial charge in [0, 0.05) is 49.0 Å². The van der Waals surface area contributed by atoms with Gasteiger partial charge in [0.05, 0.1) is 12.6 Å². The van der Waals surface area contributed by atoms with E-state index in [1.54, 1.807) is 6.20 Å². The molecule has 0 spiro atoms. The molecule has 2 aromatic rings. The second kappa shape index (κ2) is 10.5. The molecule has 1 aliphatic heterocycles. The fourth-order valence-electron chi connectivity index (χ4n) is 3.63. The second-order valence-electron chi connectivity index (χ2n) is 7.84. The van der Waals surface area contributed by atoms with Crippen molar-refractivity contribution in [3.05, 3.63) is 53.3 Å². The fraction of sp³-hybridized carbons (Fsp3) is 0.500. The van der Waals surface area contributed by atoms with Crippen LogP contribution >= 0.6 is 11.6 Å². The number of likely N-dealkylation sites (tertiary alicyclic amines) is 1. The van der Waals surface area contributed by atoms with E-state index in [4.69, 9.17) is 16.6 Å². The number of halogens is 1. The molecule has 2 atom stereocenters. The van der Waals surface area contributed by atoms with Crippen molar-refractivity contribution in [2.45, 2.75) is 39.3 Å². The van der Waals surface area contributed by atoms with Gasteiger partial charge < -0.3 is 15.5 Å². The summed E-state index contributed by atoms with van der Waals surface area (Å²) in [5.74, 6) is 0.995. The minimum Gasteiger partial charge on any atom is -0.357 e. The number of aliphatic imine (C=N–C) groups is 1.